The molecule has 12 heteroatoms. The number of halogens is 2. The lowest BCUT2D eigenvalue weighted by atomic mass is 9.96. The molecule has 1 aliphatic heterocycles. The molecule has 1 aliphatic rings. The van der Waals surface area contributed by atoms with E-state index in [0.29, 0.717) is 50.9 Å². The molecule has 0 bridgehead atoms. The molecule has 9 nitrogen and oxygen atoms in total. The lowest BCUT2D eigenvalue weighted by Gasteiger charge is -2.28. The van der Waals surface area contributed by atoms with Crippen LogP contribution in [-0.4, -0.2) is 48.1 Å². The Morgan fingerprint density at radius 1 is 1.15 bits per heavy atom. The van der Waals surface area contributed by atoms with E-state index >= 15 is 0 Å². The van der Waals surface area contributed by atoms with Gasteiger partial charge in [0.1, 0.15) is 30.3 Å². The van der Waals surface area contributed by atoms with Crippen molar-refractivity contribution in [2.45, 2.75) is 25.6 Å². The van der Waals surface area contributed by atoms with E-state index in [2.05, 4.69) is 20.3 Å². The van der Waals surface area contributed by atoms with E-state index in [-0.39, 0.29) is 37.1 Å². The molecule has 5 rings (SSSR count). The van der Waals surface area contributed by atoms with Crippen molar-refractivity contribution in [2.75, 3.05) is 30.0 Å². The first-order chi connectivity index (χ1) is 19.8. The van der Waals surface area contributed by atoms with Gasteiger partial charge in [-0.1, -0.05) is 30.7 Å². The Balaban J connectivity index is 1.33. The van der Waals surface area contributed by atoms with Crippen LogP contribution in [0.15, 0.2) is 73.4 Å². The zero-order valence-corrected chi connectivity index (χ0v) is 23.8. The van der Waals surface area contributed by atoms with E-state index in [4.69, 9.17) is 25.8 Å². The zero-order chi connectivity index (χ0) is 28.9. The summed E-state index contributed by atoms with van der Waals surface area (Å²) in [4.78, 5) is 13.3. The second kappa shape index (κ2) is 12.4. The standard InChI is InChI=1S/C29H28ClFN4O5S/c1-2-41(36,37)12-11-38-18-29(9-4-10-40-29)27-15-23-25(16-32-27)33-19-34-28(23)35-22-7-8-26(24(30)14-22)39-17-20-5-3-6-21(31)13-20/h3-8,10,13-16,19H,2,9,11-12,17-18H2,1H3,(H,33,34,35). The molecule has 0 aliphatic carbocycles. The van der Waals surface area contributed by atoms with Crippen molar-refractivity contribution in [3.8, 4) is 5.75 Å². The highest BCUT2D eigenvalue weighted by Gasteiger charge is 2.38. The number of rotatable bonds is 12. The van der Waals surface area contributed by atoms with Crippen LogP contribution >= 0.6 is 11.6 Å². The average Bonchev–Trinajstić information content (AvgIpc) is 3.45. The van der Waals surface area contributed by atoms with Crippen LogP contribution in [0.1, 0.15) is 24.6 Å². The Labute approximate surface area is 242 Å². The quantitative estimate of drug-likeness (QED) is 0.205. The predicted octanol–water partition coefficient (Wildman–Crippen LogP) is 5.72. The van der Waals surface area contributed by atoms with E-state index in [1.54, 1.807) is 49.7 Å². The number of anilines is 2. The number of pyridine rings is 1. The number of hydrogen-bond acceptors (Lipinski definition) is 9. The van der Waals surface area contributed by atoms with Crippen molar-refractivity contribution >= 4 is 43.8 Å². The minimum atomic E-state index is -3.14. The van der Waals surface area contributed by atoms with Gasteiger partial charge in [-0.3, -0.25) is 4.98 Å². The van der Waals surface area contributed by atoms with Gasteiger partial charge in [-0.2, -0.15) is 0 Å². The number of ether oxygens (including phenoxy) is 3. The molecular formula is C29H28ClFN4O5S. The third-order valence-electron chi connectivity index (χ3n) is 6.62. The Hall–Kier alpha value is -3.80. The van der Waals surface area contributed by atoms with Gasteiger partial charge in [0, 0.05) is 23.2 Å². The van der Waals surface area contributed by atoms with Gasteiger partial charge in [-0.15, -0.1) is 0 Å². The maximum absolute atomic E-state index is 13.5. The van der Waals surface area contributed by atoms with Crippen LogP contribution in [0.25, 0.3) is 10.9 Å². The number of nitrogens with zero attached hydrogens (tertiary/aromatic N) is 3. The molecule has 1 atom stereocenters. The van der Waals surface area contributed by atoms with Gasteiger partial charge in [0.25, 0.3) is 0 Å². The summed E-state index contributed by atoms with van der Waals surface area (Å²) in [5.41, 5.74) is 1.67. The van der Waals surface area contributed by atoms with E-state index < -0.39 is 15.4 Å². The number of benzene rings is 2. The Morgan fingerprint density at radius 2 is 2.02 bits per heavy atom. The molecule has 0 fully saturated rings. The van der Waals surface area contributed by atoms with Crippen molar-refractivity contribution < 1.29 is 27.0 Å². The molecule has 2 aromatic heterocycles. The highest BCUT2D eigenvalue weighted by molar-refractivity contribution is 7.91. The monoisotopic (exact) mass is 598 g/mol. The minimum absolute atomic E-state index is 0.0583. The smallest absolute Gasteiger partial charge is 0.176 e. The summed E-state index contributed by atoms with van der Waals surface area (Å²) in [5, 5.41) is 4.35. The summed E-state index contributed by atoms with van der Waals surface area (Å²) in [6, 6.07) is 13.3. The molecule has 0 saturated carbocycles. The molecule has 1 unspecified atom stereocenters. The first-order valence-electron chi connectivity index (χ1n) is 12.9. The van der Waals surface area contributed by atoms with E-state index in [0.717, 1.165) is 0 Å². The van der Waals surface area contributed by atoms with E-state index in [9.17, 15) is 12.8 Å². The fourth-order valence-electron chi connectivity index (χ4n) is 4.29. The fraction of sp³-hybridized carbons (Fsp3) is 0.276. The Bertz CT molecular complexity index is 1680. The molecule has 4 aromatic rings. The topological polar surface area (TPSA) is 113 Å². The van der Waals surface area contributed by atoms with Crippen molar-refractivity contribution in [3.05, 3.63) is 95.5 Å². The Morgan fingerprint density at radius 3 is 2.78 bits per heavy atom. The second-order valence-electron chi connectivity index (χ2n) is 9.47. The van der Waals surface area contributed by atoms with Crippen molar-refractivity contribution in [1.82, 2.24) is 15.0 Å². The molecule has 3 heterocycles. The summed E-state index contributed by atoms with van der Waals surface area (Å²) >= 11 is 6.48. The molecule has 0 spiro atoms. The number of sulfone groups is 1. The highest BCUT2D eigenvalue weighted by atomic mass is 35.5. The third-order valence-corrected chi connectivity index (χ3v) is 8.58. The van der Waals surface area contributed by atoms with Crippen LogP contribution in [0.3, 0.4) is 0 Å². The van der Waals surface area contributed by atoms with Crippen LogP contribution in [0, 0.1) is 5.82 Å². The average molecular weight is 599 g/mol. The first-order valence-corrected chi connectivity index (χ1v) is 15.1. The van der Waals surface area contributed by atoms with Crippen LogP contribution in [0.4, 0.5) is 15.9 Å². The van der Waals surface area contributed by atoms with Gasteiger partial charge in [-0.25, -0.2) is 22.8 Å². The zero-order valence-electron chi connectivity index (χ0n) is 22.2. The number of hydrogen-bond donors (Lipinski definition) is 1. The van der Waals surface area contributed by atoms with Crippen molar-refractivity contribution in [2.24, 2.45) is 0 Å². The van der Waals surface area contributed by atoms with Gasteiger partial charge in [0.2, 0.25) is 0 Å². The maximum Gasteiger partial charge on any atom is 0.176 e. The molecule has 0 radical (unpaired) electrons. The van der Waals surface area contributed by atoms with E-state index in [1.165, 1.54) is 18.5 Å². The number of nitrogens with one attached hydrogen (secondary N) is 1. The number of fused-ring (bicyclic) bond motifs is 1. The molecular weight excluding hydrogens is 571 g/mol. The van der Waals surface area contributed by atoms with Gasteiger partial charge >= 0.3 is 0 Å². The second-order valence-corrected chi connectivity index (χ2v) is 12.4. The summed E-state index contributed by atoms with van der Waals surface area (Å²) in [7, 11) is -3.14. The number of aromatic nitrogens is 3. The highest BCUT2D eigenvalue weighted by Crippen LogP contribution is 2.36. The SMILES string of the molecule is CCS(=O)(=O)CCOCC1(c2cc3c(Nc4ccc(OCc5cccc(F)c5)c(Cl)c4)ncnc3cn2)CC=CO1. The minimum Gasteiger partial charge on any atom is -0.487 e. The molecule has 1 N–H and O–H groups in total. The van der Waals surface area contributed by atoms with Crippen LogP contribution in [-0.2, 0) is 31.5 Å². The normalized spacial score (nSPS) is 16.6. The van der Waals surface area contributed by atoms with Gasteiger partial charge in [-0.05, 0) is 48.0 Å². The predicted molar refractivity (Wildman–Crippen MR) is 154 cm³/mol. The summed E-state index contributed by atoms with van der Waals surface area (Å²) < 4.78 is 54.6. The fourth-order valence-corrected chi connectivity index (χ4v) is 5.19. The van der Waals surface area contributed by atoms with Crippen LogP contribution in [0.2, 0.25) is 5.02 Å². The van der Waals surface area contributed by atoms with Crippen LogP contribution < -0.4 is 10.1 Å². The molecule has 0 saturated heterocycles. The van der Waals surface area contributed by atoms with Gasteiger partial charge in [0.15, 0.2) is 15.4 Å². The lowest BCUT2D eigenvalue weighted by Crippen LogP contribution is -2.33. The molecule has 41 heavy (non-hydrogen) atoms. The summed E-state index contributed by atoms with van der Waals surface area (Å²) in [5.74, 6) is 0.664. The lowest BCUT2D eigenvalue weighted by molar-refractivity contribution is -0.0446. The third kappa shape index (κ3) is 6.92. The van der Waals surface area contributed by atoms with Crippen LogP contribution in [0.5, 0.6) is 5.75 Å². The van der Waals surface area contributed by atoms with Crippen molar-refractivity contribution in [1.29, 1.82) is 0 Å². The molecule has 0 amide bonds. The summed E-state index contributed by atoms with van der Waals surface area (Å²) in [6.07, 6.45) is 7.05. The first kappa shape index (κ1) is 28.7. The summed E-state index contributed by atoms with van der Waals surface area (Å²) in [6.45, 7) is 1.97. The maximum atomic E-state index is 13.5. The van der Waals surface area contributed by atoms with Gasteiger partial charge < -0.3 is 19.5 Å². The van der Waals surface area contributed by atoms with Crippen molar-refractivity contribution in [3.63, 3.8) is 0 Å². The van der Waals surface area contributed by atoms with E-state index in [1.807, 2.05) is 12.1 Å². The Kier molecular flexibility index (Phi) is 8.67. The van der Waals surface area contributed by atoms with Gasteiger partial charge in [0.05, 0.1) is 47.7 Å². The largest absolute Gasteiger partial charge is 0.487 e. The molecule has 214 valence electrons. The molecule has 2 aromatic carbocycles.